The third-order valence-corrected chi connectivity index (χ3v) is 7.06. The van der Waals surface area contributed by atoms with E-state index >= 15 is 0 Å². The largest absolute Gasteiger partial charge is 0.497 e. The summed E-state index contributed by atoms with van der Waals surface area (Å²) in [6, 6.07) is 3.87. The SMILES string of the molecule is C/C=C(\C=C(\C)CN1CCCN(c2c(C(O)C(C)CC)ccc(Cl)c2NC)C1)OC.CC.CC1CC1. The highest BCUT2D eigenvalue weighted by atomic mass is 35.5. The van der Waals surface area contributed by atoms with Crippen molar-refractivity contribution in [3.63, 3.8) is 0 Å². The van der Waals surface area contributed by atoms with Gasteiger partial charge in [0.15, 0.2) is 0 Å². The van der Waals surface area contributed by atoms with Gasteiger partial charge < -0.3 is 20.1 Å². The van der Waals surface area contributed by atoms with Gasteiger partial charge in [-0.25, -0.2) is 0 Å². The Kier molecular flexibility index (Phi) is 15.2. The van der Waals surface area contributed by atoms with Crippen molar-refractivity contribution in [2.75, 3.05) is 50.7 Å². The number of nitrogens with one attached hydrogen (secondary N) is 1. The van der Waals surface area contributed by atoms with Crippen molar-refractivity contribution in [1.29, 1.82) is 0 Å². The third kappa shape index (κ3) is 9.99. The first-order chi connectivity index (χ1) is 17.2. The molecule has 6 heteroatoms. The number of aliphatic hydroxyl groups excluding tert-OH is 1. The number of halogens is 1. The molecule has 36 heavy (non-hydrogen) atoms. The van der Waals surface area contributed by atoms with Gasteiger partial charge in [-0.05, 0) is 50.3 Å². The predicted molar refractivity (Wildman–Crippen MR) is 158 cm³/mol. The Bertz CT molecular complexity index is 836. The summed E-state index contributed by atoms with van der Waals surface area (Å²) in [6.07, 6.45) is 8.49. The first-order valence-corrected chi connectivity index (χ1v) is 14.2. The van der Waals surface area contributed by atoms with E-state index in [1.165, 1.54) is 18.4 Å². The molecule has 5 nitrogen and oxygen atoms in total. The molecular formula is C30H52ClN3O2. The van der Waals surface area contributed by atoms with Crippen LogP contribution in [0.5, 0.6) is 0 Å². The lowest BCUT2D eigenvalue weighted by atomic mass is 9.93. The first kappa shape index (κ1) is 32.3. The Hall–Kier alpha value is -1.69. The molecule has 1 saturated carbocycles. The molecule has 1 heterocycles. The van der Waals surface area contributed by atoms with E-state index in [2.05, 4.69) is 48.9 Å². The van der Waals surface area contributed by atoms with Crippen molar-refractivity contribution in [3.05, 3.63) is 46.2 Å². The van der Waals surface area contributed by atoms with Gasteiger partial charge in [0.05, 0.1) is 36.3 Å². The molecule has 1 aliphatic heterocycles. The van der Waals surface area contributed by atoms with Gasteiger partial charge in [0.25, 0.3) is 0 Å². The standard InChI is InChI=1S/C24H38ClN3O2.C4H8.C2H6/c1-7-18(4)24(29)20-10-11-21(25)22(26-5)23(20)28-13-9-12-27(16-28)15-17(3)14-19(8-2)30-6;1-4-2-3-4;1-2/h8,10-11,14,18,24,26,29H,7,9,12-13,15-16H2,1-6H3;4H,2-3H2,1H3;1-2H3/b17-14-,19-8+;;. The molecule has 1 aromatic carbocycles. The summed E-state index contributed by atoms with van der Waals surface area (Å²) in [4.78, 5) is 4.78. The Morgan fingerprint density at radius 2 is 1.92 bits per heavy atom. The number of aliphatic hydroxyl groups is 1. The van der Waals surface area contributed by atoms with Crippen LogP contribution in [0.15, 0.2) is 35.6 Å². The van der Waals surface area contributed by atoms with E-state index in [0.717, 1.165) is 67.8 Å². The molecule has 206 valence electrons. The van der Waals surface area contributed by atoms with E-state index in [1.807, 2.05) is 46.0 Å². The van der Waals surface area contributed by atoms with Crippen LogP contribution in [0.25, 0.3) is 0 Å². The monoisotopic (exact) mass is 521 g/mol. The van der Waals surface area contributed by atoms with Gasteiger partial charge in [0.2, 0.25) is 0 Å². The number of rotatable bonds is 9. The Balaban J connectivity index is 0.000000958. The van der Waals surface area contributed by atoms with Gasteiger partial charge in [0.1, 0.15) is 5.76 Å². The van der Waals surface area contributed by atoms with Crippen molar-refractivity contribution in [2.45, 2.75) is 80.3 Å². The molecule has 2 atom stereocenters. The molecule has 0 amide bonds. The summed E-state index contributed by atoms with van der Waals surface area (Å²) in [6.45, 7) is 18.2. The minimum Gasteiger partial charge on any atom is -0.497 e. The second kappa shape index (κ2) is 16.9. The maximum absolute atomic E-state index is 11.0. The highest BCUT2D eigenvalue weighted by molar-refractivity contribution is 6.34. The number of methoxy groups -OCH3 is 1. The van der Waals surface area contributed by atoms with Crippen molar-refractivity contribution in [3.8, 4) is 0 Å². The van der Waals surface area contributed by atoms with Crippen LogP contribution in [0.4, 0.5) is 11.4 Å². The van der Waals surface area contributed by atoms with Crippen molar-refractivity contribution in [2.24, 2.45) is 11.8 Å². The molecule has 2 aliphatic rings. The zero-order valence-corrected chi connectivity index (χ0v) is 25.1. The highest BCUT2D eigenvalue weighted by Crippen LogP contribution is 2.42. The molecule has 2 unspecified atom stereocenters. The van der Waals surface area contributed by atoms with Gasteiger partial charge in [-0.1, -0.05) is 77.1 Å². The summed E-state index contributed by atoms with van der Waals surface area (Å²) in [5.74, 6) is 2.14. The molecule has 1 aromatic rings. The summed E-state index contributed by atoms with van der Waals surface area (Å²) in [7, 11) is 3.59. The molecule has 0 spiro atoms. The fraction of sp³-hybridized carbons (Fsp3) is 0.667. The second-order valence-electron chi connectivity index (χ2n) is 9.82. The summed E-state index contributed by atoms with van der Waals surface area (Å²) < 4.78 is 5.37. The van der Waals surface area contributed by atoms with Gasteiger partial charge in [-0.15, -0.1) is 0 Å². The predicted octanol–water partition coefficient (Wildman–Crippen LogP) is 7.87. The zero-order valence-electron chi connectivity index (χ0n) is 24.3. The lowest BCUT2D eigenvalue weighted by Crippen LogP contribution is -2.46. The van der Waals surface area contributed by atoms with Crippen molar-refractivity contribution in [1.82, 2.24) is 4.90 Å². The van der Waals surface area contributed by atoms with Crippen molar-refractivity contribution < 1.29 is 9.84 Å². The lowest BCUT2D eigenvalue weighted by Gasteiger charge is -2.40. The number of benzene rings is 1. The van der Waals surface area contributed by atoms with Crippen LogP contribution in [0.1, 0.15) is 85.8 Å². The Labute approximate surface area is 226 Å². The summed E-state index contributed by atoms with van der Waals surface area (Å²) >= 11 is 6.54. The fourth-order valence-corrected chi connectivity index (χ4v) is 4.42. The normalized spacial score (nSPS) is 18.4. The zero-order chi connectivity index (χ0) is 27.3. The molecule has 0 radical (unpaired) electrons. The molecular weight excluding hydrogens is 470 g/mol. The van der Waals surface area contributed by atoms with Gasteiger partial charge in [0, 0.05) is 32.2 Å². The number of anilines is 2. The molecule has 3 rings (SSSR count). The maximum Gasteiger partial charge on any atom is 0.114 e. The smallest absolute Gasteiger partial charge is 0.114 e. The molecule has 1 saturated heterocycles. The third-order valence-electron chi connectivity index (χ3n) is 6.75. The second-order valence-corrected chi connectivity index (χ2v) is 10.2. The fourth-order valence-electron chi connectivity index (χ4n) is 4.18. The lowest BCUT2D eigenvalue weighted by molar-refractivity contribution is 0.115. The molecule has 2 N–H and O–H groups in total. The summed E-state index contributed by atoms with van der Waals surface area (Å²) in [5, 5.41) is 15.0. The van der Waals surface area contributed by atoms with Crippen LogP contribution in [-0.4, -0.2) is 50.5 Å². The maximum atomic E-state index is 11.0. The van der Waals surface area contributed by atoms with Crippen LogP contribution in [-0.2, 0) is 4.74 Å². The Morgan fingerprint density at radius 3 is 2.42 bits per heavy atom. The van der Waals surface area contributed by atoms with Gasteiger partial charge >= 0.3 is 0 Å². The van der Waals surface area contributed by atoms with E-state index in [4.69, 9.17) is 16.3 Å². The number of nitrogens with zero attached hydrogens (tertiary/aromatic N) is 2. The molecule has 0 bridgehead atoms. The molecule has 1 aliphatic carbocycles. The number of ether oxygens (including phenoxy) is 1. The Morgan fingerprint density at radius 1 is 1.28 bits per heavy atom. The topological polar surface area (TPSA) is 48.0 Å². The van der Waals surface area contributed by atoms with E-state index in [-0.39, 0.29) is 5.92 Å². The van der Waals surface area contributed by atoms with Gasteiger partial charge in [-0.3, -0.25) is 4.90 Å². The van der Waals surface area contributed by atoms with E-state index in [9.17, 15) is 5.11 Å². The average Bonchev–Trinajstić information content (AvgIpc) is 3.69. The first-order valence-electron chi connectivity index (χ1n) is 13.8. The van der Waals surface area contributed by atoms with Gasteiger partial charge in [-0.2, -0.15) is 0 Å². The summed E-state index contributed by atoms with van der Waals surface area (Å²) in [5.41, 5.74) is 4.12. The highest BCUT2D eigenvalue weighted by Gasteiger charge is 2.27. The van der Waals surface area contributed by atoms with E-state index < -0.39 is 6.10 Å². The van der Waals surface area contributed by atoms with Crippen LogP contribution < -0.4 is 10.2 Å². The molecule has 0 aromatic heterocycles. The number of hydrogen-bond acceptors (Lipinski definition) is 5. The minimum atomic E-state index is -0.523. The van der Waals surface area contributed by atoms with Crippen LogP contribution in [0, 0.1) is 11.8 Å². The van der Waals surface area contributed by atoms with Crippen LogP contribution in [0.2, 0.25) is 5.02 Å². The van der Waals surface area contributed by atoms with Crippen LogP contribution >= 0.6 is 11.6 Å². The molecule has 2 fully saturated rings. The quantitative estimate of drug-likeness (QED) is 0.255. The number of allylic oxidation sites excluding steroid dienone is 2. The average molecular weight is 522 g/mol. The van der Waals surface area contributed by atoms with E-state index in [1.54, 1.807) is 7.11 Å². The van der Waals surface area contributed by atoms with E-state index in [0.29, 0.717) is 5.02 Å². The van der Waals surface area contributed by atoms with Crippen molar-refractivity contribution >= 4 is 23.0 Å². The minimum absolute atomic E-state index is 0.175. The van der Waals surface area contributed by atoms with Crippen LogP contribution in [0.3, 0.4) is 0 Å². The number of hydrogen-bond donors (Lipinski definition) is 2.